The zero-order chi connectivity index (χ0) is 14.1. The summed E-state index contributed by atoms with van der Waals surface area (Å²) in [5, 5.41) is 3.69. The Morgan fingerprint density at radius 3 is 2.85 bits per heavy atom. The molecule has 0 radical (unpaired) electrons. The molecule has 1 N–H and O–H groups in total. The van der Waals surface area contributed by atoms with Crippen molar-refractivity contribution >= 4 is 28.6 Å². The van der Waals surface area contributed by atoms with Gasteiger partial charge in [-0.25, -0.2) is 4.98 Å². The number of oxazole rings is 1. The summed E-state index contributed by atoms with van der Waals surface area (Å²) in [5.74, 6) is 1.27. The smallest absolute Gasteiger partial charge is 0.227 e. The van der Waals surface area contributed by atoms with Crippen LogP contribution in [0.1, 0.15) is 32.6 Å². The highest BCUT2D eigenvalue weighted by atomic mass is 35.5. The van der Waals surface area contributed by atoms with E-state index in [1.165, 1.54) is 0 Å². The van der Waals surface area contributed by atoms with Crippen LogP contribution in [0.5, 0.6) is 0 Å². The normalized spacial score (nSPS) is 27.2. The van der Waals surface area contributed by atoms with Gasteiger partial charge in [-0.15, -0.1) is 0 Å². The van der Waals surface area contributed by atoms with Crippen molar-refractivity contribution in [2.45, 2.75) is 32.2 Å². The van der Waals surface area contributed by atoms with E-state index in [0.717, 1.165) is 12.8 Å². The van der Waals surface area contributed by atoms with E-state index in [0.29, 0.717) is 27.9 Å². The second kappa shape index (κ2) is 3.55. The van der Waals surface area contributed by atoms with Crippen LogP contribution in [0.25, 0.3) is 11.1 Å². The molecule has 0 atom stereocenters. The third kappa shape index (κ3) is 1.67. The van der Waals surface area contributed by atoms with E-state index in [9.17, 15) is 4.79 Å². The number of hydrogen-bond donors (Lipinski definition) is 1. The first-order chi connectivity index (χ1) is 9.41. The highest BCUT2D eigenvalue weighted by Gasteiger charge is 2.74. The van der Waals surface area contributed by atoms with Crippen molar-refractivity contribution in [1.82, 2.24) is 10.3 Å². The van der Waals surface area contributed by atoms with E-state index in [2.05, 4.69) is 10.3 Å². The molecule has 104 valence electrons. The fourth-order valence-electron chi connectivity index (χ4n) is 2.70. The lowest BCUT2D eigenvalue weighted by Gasteiger charge is -2.23. The number of carbonyl (C=O) groups is 1. The molecule has 0 aliphatic heterocycles. The van der Waals surface area contributed by atoms with Gasteiger partial charge in [0, 0.05) is 5.02 Å². The van der Waals surface area contributed by atoms with Crippen LogP contribution in [0, 0.1) is 11.3 Å². The van der Waals surface area contributed by atoms with Gasteiger partial charge in [0.2, 0.25) is 11.8 Å². The minimum absolute atomic E-state index is 0.0490. The second-order valence-electron chi connectivity index (χ2n) is 6.47. The summed E-state index contributed by atoms with van der Waals surface area (Å²) >= 11 is 5.95. The molecule has 0 saturated heterocycles. The lowest BCUT2D eigenvalue weighted by molar-refractivity contribution is -0.126. The van der Waals surface area contributed by atoms with Gasteiger partial charge in [0.15, 0.2) is 5.58 Å². The molecule has 0 unspecified atom stereocenters. The first-order valence-electron chi connectivity index (χ1n) is 6.80. The van der Waals surface area contributed by atoms with Crippen molar-refractivity contribution in [3.05, 3.63) is 29.1 Å². The highest BCUT2D eigenvalue weighted by Crippen LogP contribution is 2.75. The van der Waals surface area contributed by atoms with Gasteiger partial charge in [-0.05, 0) is 50.8 Å². The molecule has 20 heavy (non-hydrogen) atoms. The quantitative estimate of drug-likeness (QED) is 0.944. The number of nitrogens with zero attached hydrogens (tertiary/aromatic N) is 1. The first kappa shape index (κ1) is 12.2. The number of carbonyl (C=O) groups excluding carboxylic acids is 1. The lowest BCUT2D eigenvalue weighted by atomic mass is 10.0. The summed E-state index contributed by atoms with van der Waals surface area (Å²) in [5.41, 5.74) is 0.726. The minimum atomic E-state index is -0.618. The van der Waals surface area contributed by atoms with Crippen LogP contribution in [0.2, 0.25) is 5.02 Å². The molecule has 0 spiro atoms. The van der Waals surface area contributed by atoms with Gasteiger partial charge in [0.25, 0.3) is 0 Å². The maximum atomic E-state index is 12.2. The predicted molar refractivity (Wildman–Crippen MR) is 75.3 cm³/mol. The molecule has 2 aromatic rings. The van der Waals surface area contributed by atoms with Crippen molar-refractivity contribution in [2.24, 2.45) is 11.3 Å². The lowest BCUT2D eigenvalue weighted by Crippen LogP contribution is -2.43. The molecular weight excluding hydrogens is 276 g/mol. The van der Waals surface area contributed by atoms with Crippen molar-refractivity contribution in [1.29, 1.82) is 0 Å². The second-order valence-corrected chi connectivity index (χ2v) is 6.91. The number of fused-ring (bicyclic) bond motifs is 2. The molecule has 2 aliphatic carbocycles. The van der Waals surface area contributed by atoms with E-state index < -0.39 is 5.54 Å². The summed E-state index contributed by atoms with van der Waals surface area (Å²) < 4.78 is 5.75. The number of halogens is 1. The Bertz CT molecular complexity index is 729. The number of amides is 1. The molecular formula is C15H15ClN2O2. The molecule has 2 fully saturated rings. The average molecular weight is 291 g/mol. The molecule has 1 amide bonds. The summed E-state index contributed by atoms with van der Waals surface area (Å²) in [6.45, 7) is 3.82. The summed E-state index contributed by atoms with van der Waals surface area (Å²) in [7, 11) is 0. The average Bonchev–Trinajstić information content (AvgIpc) is 3.16. The molecule has 4 rings (SSSR count). The van der Waals surface area contributed by atoms with Gasteiger partial charge < -0.3 is 9.73 Å². The maximum Gasteiger partial charge on any atom is 0.227 e. The monoisotopic (exact) mass is 290 g/mol. The van der Waals surface area contributed by atoms with Gasteiger partial charge in [-0.2, -0.15) is 0 Å². The van der Waals surface area contributed by atoms with Crippen LogP contribution in [0.15, 0.2) is 22.6 Å². The Morgan fingerprint density at radius 1 is 1.50 bits per heavy atom. The van der Waals surface area contributed by atoms with Gasteiger partial charge in [0.1, 0.15) is 11.1 Å². The van der Waals surface area contributed by atoms with Crippen LogP contribution < -0.4 is 5.32 Å². The molecule has 5 heteroatoms. The Morgan fingerprint density at radius 2 is 2.20 bits per heavy atom. The van der Waals surface area contributed by atoms with E-state index in [1.807, 2.05) is 13.8 Å². The third-order valence-electron chi connectivity index (χ3n) is 4.45. The summed E-state index contributed by atoms with van der Waals surface area (Å²) in [6, 6.07) is 5.32. The van der Waals surface area contributed by atoms with Crippen LogP contribution >= 0.6 is 11.6 Å². The largest absolute Gasteiger partial charge is 0.438 e. The van der Waals surface area contributed by atoms with Crippen molar-refractivity contribution in [3.8, 4) is 0 Å². The Balaban J connectivity index is 1.64. The number of nitrogens with one attached hydrogen (secondary N) is 1. The number of rotatable bonds is 3. The van der Waals surface area contributed by atoms with Crippen LogP contribution in [-0.2, 0) is 10.3 Å². The van der Waals surface area contributed by atoms with Crippen molar-refractivity contribution < 1.29 is 9.21 Å². The standard InChI is InChI=1S/C15H15ClN2O2/c1-14(2,18-12(19)15-6-8(15)7-15)13-17-10-5-9(16)3-4-11(10)20-13/h3-5,8H,6-7H2,1-2H3,(H,18,19). The van der Waals surface area contributed by atoms with Gasteiger partial charge in [-0.3, -0.25) is 4.79 Å². The molecule has 1 aromatic heterocycles. The first-order valence-corrected chi connectivity index (χ1v) is 7.18. The fraction of sp³-hybridized carbons (Fsp3) is 0.467. The molecule has 4 nitrogen and oxygen atoms in total. The zero-order valence-corrected chi connectivity index (χ0v) is 12.1. The van der Waals surface area contributed by atoms with Crippen LogP contribution in [-0.4, -0.2) is 10.9 Å². The Labute approximate surface area is 121 Å². The van der Waals surface area contributed by atoms with Crippen LogP contribution in [0.3, 0.4) is 0 Å². The summed E-state index contributed by atoms with van der Waals surface area (Å²) in [4.78, 5) is 16.7. The van der Waals surface area contributed by atoms with Crippen LogP contribution in [0.4, 0.5) is 0 Å². The van der Waals surface area contributed by atoms with Crippen molar-refractivity contribution in [3.63, 3.8) is 0 Å². The third-order valence-corrected chi connectivity index (χ3v) is 4.68. The van der Waals surface area contributed by atoms with Gasteiger partial charge >= 0.3 is 0 Å². The van der Waals surface area contributed by atoms with E-state index in [4.69, 9.17) is 16.0 Å². The topological polar surface area (TPSA) is 55.1 Å². The number of hydrogen-bond acceptors (Lipinski definition) is 3. The van der Waals surface area contributed by atoms with Gasteiger partial charge in [0.05, 0.1) is 5.41 Å². The molecule has 1 aromatic carbocycles. The molecule has 0 bridgehead atoms. The highest BCUT2D eigenvalue weighted by molar-refractivity contribution is 6.31. The fourth-order valence-corrected chi connectivity index (χ4v) is 2.87. The zero-order valence-electron chi connectivity index (χ0n) is 11.4. The van der Waals surface area contributed by atoms with Crippen molar-refractivity contribution in [2.75, 3.05) is 0 Å². The van der Waals surface area contributed by atoms with E-state index >= 15 is 0 Å². The van der Waals surface area contributed by atoms with E-state index in [1.54, 1.807) is 18.2 Å². The molecule has 2 saturated carbocycles. The maximum absolute atomic E-state index is 12.2. The Hall–Kier alpha value is -1.55. The van der Waals surface area contributed by atoms with Gasteiger partial charge in [-0.1, -0.05) is 11.6 Å². The Kier molecular flexibility index (Phi) is 2.17. The predicted octanol–water partition coefficient (Wildman–Crippen LogP) is 3.24. The minimum Gasteiger partial charge on any atom is -0.438 e. The van der Waals surface area contributed by atoms with E-state index in [-0.39, 0.29) is 11.3 Å². The number of benzene rings is 1. The molecule has 2 aliphatic rings. The SMILES string of the molecule is CC(C)(NC(=O)C12CC1C2)c1nc2cc(Cl)ccc2o1. The summed E-state index contributed by atoms with van der Waals surface area (Å²) in [6.07, 6.45) is 2.08. The molecule has 1 heterocycles. The number of aromatic nitrogens is 1.